The minimum absolute atomic E-state index is 0.306. The van der Waals surface area contributed by atoms with E-state index >= 15 is 0 Å². The van der Waals surface area contributed by atoms with Crippen LogP contribution in [0.5, 0.6) is 11.6 Å². The molecule has 0 aliphatic carbocycles. The van der Waals surface area contributed by atoms with Gasteiger partial charge in [-0.2, -0.15) is 4.37 Å². The van der Waals surface area contributed by atoms with E-state index in [2.05, 4.69) is 28.7 Å². The predicted octanol–water partition coefficient (Wildman–Crippen LogP) is 4.11. The summed E-state index contributed by atoms with van der Waals surface area (Å²) in [5, 5.41) is 0.306. The summed E-state index contributed by atoms with van der Waals surface area (Å²) in [5.74, 6) is 1.57. The van der Waals surface area contributed by atoms with Crippen LogP contribution in [-0.2, 0) is 0 Å². The van der Waals surface area contributed by atoms with Crippen LogP contribution in [0.1, 0.15) is 25.3 Å². The molecule has 0 spiro atoms. The van der Waals surface area contributed by atoms with Crippen molar-refractivity contribution < 1.29 is 4.74 Å². The van der Waals surface area contributed by atoms with E-state index < -0.39 is 0 Å². The Kier molecular flexibility index (Phi) is 3.41. The molecule has 84 valence electrons. The molecule has 5 heteroatoms. The monoisotopic (exact) mass is 254 g/mol. The van der Waals surface area contributed by atoms with Gasteiger partial charge in [0.2, 0.25) is 5.15 Å². The molecule has 3 nitrogen and oxygen atoms in total. The number of hydrogen-bond donors (Lipinski definition) is 0. The summed E-state index contributed by atoms with van der Waals surface area (Å²) in [6, 6.07) is 7.89. The quantitative estimate of drug-likeness (QED) is 0.827. The molecule has 0 radical (unpaired) electrons. The molecule has 0 atom stereocenters. The molecule has 0 aliphatic heterocycles. The fourth-order valence-electron chi connectivity index (χ4n) is 1.28. The van der Waals surface area contributed by atoms with Gasteiger partial charge in [0, 0.05) is 0 Å². The second-order valence-electron chi connectivity index (χ2n) is 3.69. The standard InChI is InChI=1S/C11H11ClN2OS/c1-7(2)8-4-3-5-9(6-8)15-11-10(12)13-16-14-11/h3-7H,1-2H3. The average Bonchev–Trinajstić information content (AvgIpc) is 2.65. The average molecular weight is 255 g/mol. The van der Waals surface area contributed by atoms with E-state index in [0.29, 0.717) is 17.0 Å². The van der Waals surface area contributed by atoms with Crippen LogP contribution in [0.25, 0.3) is 0 Å². The molecular weight excluding hydrogens is 244 g/mol. The predicted molar refractivity (Wildman–Crippen MR) is 65.5 cm³/mol. The number of rotatable bonds is 3. The van der Waals surface area contributed by atoms with Gasteiger partial charge < -0.3 is 4.74 Å². The van der Waals surface area contributed by atoms with Crippen molar-refractivity contribution in [3.8, 4) is 11.6 Å². The molecule has 0 N–H and O–H groups in total. The van der Waals surface area contributed by atoms with Crippen molar-refractivity contribution >= 4 is 23.3 Å². The highest BCUT2D eigenvalue weighted by atomic mass is 35.5. The van der Waals surface area contributed by atoms with E-state index in [0.717, 1.165) is 17.5 Å². The molecule has 1 aromatic heterocycles. The third-order valence-corrected chi connectivity index (χ3v) is 3.02. The Morgan fingerprint density at radius 3 is 2.75 bits per heavy atom. The van der Waals surface area contributed by atoms with Crippen molar-refractivity contribution in [1.82, 2.24) is 8.75 Å². The second kappa shape index (κ2) is 4.80. The SMILES string of the molecule is CC(C)c1cccc(Oc2nsnc2Cl)c1. The first-order valence-corrected chi connectivity index (χ1v) is 6.03. The molecule has 0 amide bonds. The van der Waals surface area contributed by atoms with Crippen LogP contribution < -0.4 is 4.74 Å². The van der Waals surface area contributed by atoms with Gasteiger partial charge in [-0.25, -0.2) is 0 Å². The molecule has 2 aromatic rings. The number of ether oxygens (including phenoxy) is 1. The topological polar surface area (TPSA) is 35.0 Å². The number of halogens is 1. The van der Waals surface area contributed by atoms with Gasteiger partial charge in [-0.05, 0) is 23.6 Å². The summed E-state index contributed by atoms with van der Waals surface area (Å²) >= 11 is 6.84. The zero-order valence-electron chi connectivity index (χ0n) is 8.98. The normalized spacial score (nSPS) is 10.8. The summed E-state index contributed by atoms with van der Waals surface area (Å²) < 4.78 is 13.3. The maximum Gasteiger partial charge on any atom is 0.270 e. The van der Waals surface area contributed by atoms with E-state index in [4.69, 9.17) is 16.3 Å². The molecule has 2 rings (SSSR count). The molecule has 0 bridgehead atoms. The van der Waals surface area contributed by atoms with E-state index in [1.807, 2.05) is 18.2 Å². The Morgan fingerprint density at radius 1 is 1.31 bits per heavy atom. The number of aromatic nitrogens is 2. The van der Waals surface area contributed by atoms with E-state index in [-0.39, 0.29) is 0 Å². The van der Waals surface area contributed by atoms with Gasteiger partial charge in [-0.3, -0.25) is 0 Å². The van der Waals surface area contributed by atoms with E-state index in [9.17, 15) is 0 Å². The second-order valence-corrected chi connectivity index (χ2v) is 4.58. The molecular formula is C11H11ClN2OS. The Balaban J connectivity index is 2.22. The van der Waals surface area contributed by atoms with Crippen molar-refractivity contribution in [3.05, 3.63) is 35.0 Å². The van der Waals surface area contributed by atoms with Crippen molar-refractivity contribution in [3.63, 3.8) is 0 Å². The lowest BCUT2D eigenvalue weighted by atomic mass is 10.0. The molecule has 0 unspecified atom stereocenters. The molecule has 1 heterocycles. The maximum atomic E-state index is 5.80. The molecule has 0 saturated carbocycles. The lowest BCUT2D eigenvalue weighted by molar-refractivity contribution is 0.467. The van der Waals surface area contributed by atoms with Crippen molar-refractivity contribution in [2.24, 2.45) is 0 Å². The number of nitrogens with zero attached hydrogens (tertiary/aromatic N) is 2. The van der Waals surface area contributed by atoms with Crippen molar-refractivity contribution in [1.29, 1.82) is 0 Å². The third kappa shape index (κ3) is 2.51. The van der Waals surface area contributed by atoms with Crippen LogP contribution in [0.4, 0.5) is 0 Å². The van der Waals surface area contributed by atoms with Crippen LogP contribution in [0.2, 0.25) is 5.15 Å². The maximum absolute atomic E-state index is 5.80. The molecule has 1 aromatic carbocycles. The summed E-state index contributed by atoms with van der Waals surface area (Å²) in [4.78, 5) is 0. The van der Waals surface area contributed by atoms with Crippen molar-refractivity contribution in [2.45, 2.75) is 19.8 Å². The van der Waals surface area contributed by atoms with Crippen LogP contribution in [0.15, 0.2) is 24.3 Å². The zero-order valence-corrected chi connectivity index (χ0v) is 10.5. The lowest BCUT2D eigenvalue weighted by Gasteiger charge is -2.07. The zero-order chi connectivity index (χ0) is 11.5. The fourth-order valence-corrected chi connectivity index (χ4v) is 1.89. The van der Waals surface area contributed by atoms with Crippen LogP contribution in [0, 0.1) is 0 Å². The number of hydrogen-bond acceptors (Lipinski definition) is 4. The largest absolute Gasteiger partial charge is 0.436 e. The first kappa shape index (κ1) is 11.4. The first-order valence-electron chi connectivity index (χ1n) is 4.92. The highest BCUT2D eigenvalue weighted by molar-refractivity contribution is 6.99. The van der Waals surface area contributed by atoms with Gasteiger partial charge in [-0.1, -0.05) is 37.6 Å². The van der Waals surface area contributed by atoms with Gasteiger partial charge >= 0.3 is 0 Å². The Morgan fingerprint density at radius 2 is 2.12 bits per heavy atom. The van der Waals surface area contributed by atoms with E-state index in [1.54, 1.807) is 0 Å². The molecule has 16 heavy (non-hydrogen) atoms. The summed E-state index contributed by atoms with van der Waals surface area (Å²) in [5.41, 5.74) is 1.22. The van der Waals surface area contributed by atoms with Crippen molar-refractivity contribution in [2.75, 3.05) is 0 Å². The van der Waals surface area contributed by atoms with Gasteiger partial charge in [-0.15, -0.1) is 4.37 Å². The highest BCUT2D eigenvalue weighted by Crippen LogP contribution is 2.28. The molecule has 0 fully saturated rings. The molecule has 0 saturated heterocycles. The van der Waals surface area contributed by atoms with Crippen LogP contribution in [-0.4, -0.2) is 8.75 Å². The van der Waals surface area contributed by atoms with Gasteiger partial charge in [0.1, 0.15) is 5.75 Å². The van der Waals surface area contributed by atoms with Gasteiger partial charge in [0.25, 0.3) is 5.88 Å². The fraction of sp³-hybridized carbons (Fsp3) is 0.273. The summed E-state index contributed by atoms with van der Waals surface area (Å²) in [6.45, 7) is 4.27. The summed E-state index contributed by atoms with van der Waals surface area (Å²) in [7, 11) is 0. The van der Waals surface area contributed by atoms with Gasteiger partial charge in [0.15, 0.2) is 0 Å². The van der Waals surface area contributed by atoms with Crippen LogP contribution >= 0.6 is 23.3 Å². The smallest absolute Gasteiger partial charge is 0.270 e. The third-order valence-electron chi connectivity index (χ3n) is 2.16. The van der Waals surface area contributed by atoms with E-state index in [1.165, 1.54) is 5.56 Å². The summed E-state index contributed by atoms with van der Waals surface area (Å²) in [6.07, 6.45) is 0. The Bertz CT molecular complexity index is 484. The lowest BCUT2D eigenvalue weighted by Crippen LogP contribution is -1.89. The highest BCUT2D eigenvalue weighted by Gasteiger charge is 2.08. The minimum Gasteiger partial charge on any atom is -0.436 e. The Hall–Kier alpha value is -1.13. The molecule has 0 aliphatic rings. The van der Waals surface area contributed by atoms with Crippen LogP contribution in [0.3, 0.4) is 0 Å². The van der Waals surface area contributed by atoms with Gasteiger partial charge in [0.05, 0.1) is 11.7 Å². The first-order chi connectivity index (χ1) is 7.66. The minimum atomic E-state index is 0.306. The Labute approximate surface area is 103 Å². The number of benzene rings is 1.